The fourth-order valence-corrected chi connectivity index (χ4v) is 3.72. The molecule has 162 valence electrons. The largest absolute Gasteiger partial charge is 0.351 e. The van der Waals surface area contributed by atoms with E-state index in [2.05, 4.69) is 25.9 Å². The fraction of sp³-hybridized carbons (Fsp3) is 0.0435. The third-order valence-electron chi connectivity index (χ3n) is 5.20. The van der Waals surface area contributed by atoms with Crippen molar-refractivity contribution in [3.63, 3.8) is 0 Å². The normalized spacial score (nSPS) is 15.1. The Labute approximate surface area is 188 Å². The van der Waals surface area contributed by atoms with E-state index < -0.39 is 18.1 Å². The van der Waals surface area contributed by atoms with Crippen molar-refractivity contribution < 1.29 is 9.59 Å². The van der Waals surface area contributed by atoms with Crippen LogP contribution in [0.15, 0.2) is 83.9 Å². The van der Waals surface area contributed by atoms with Crippen LogP contribution in [0.2, 0.25) is 0 Å². The maximum absolute atomic E-state index is 13.3. The number of aliphatic imine (C=N–C) groups is 1. The highest BCUT2D eigenvalue weighted by Crippen LogP contribution is 2.29. The van der Waals surface area contributed by atoms with Crippen LogP contribution in [0.1, 0.15) is 11.1 Å². The zero-order chi connectivity index (χ0) is 22.8. The van der Waals surface area contributed by atoms with Crippen LogP contribution in [-0.2, 0) is 4.79 Å². The number of benzodiazepines with no additional fused rings is 1. The lowest BCUT2D eigenvalue weighted by atomic mass is 10.0. The zero-order valence-corrected chi connectivity index (χ0v) is 17.2. The number of nitrogens with one attached hydrogen (secondary N) is 2. The average molecular weight is 438 g/mol. The van der Waals surface area contributed by atoms with Crippen molar-refractivity contribution in [3.05, 3.63) is 90.0 Å². The minimum absolute atomic E-state index is 0.374. The standard InChI is InChI=1S/C23H18N8O2/c24-23(33)31(16-10-6-9-15(13-16)20-27-29-30-28-20)21-22(32)25-18-12-5-4-11-17(18)19(26-21)14-7-2-1-3-8-14/h1-13,21H,(H2,24,33)(H,25,32)(H,27,28,29,30). The highest BCUT2D eigenvalue weighted by molar-refractivity contribution is 6.20. The first kappa shape index (κ1) is 20.1. The third-order valence-corrected chi connectivity index (χ3v) is 5.20. The van der Waals surface area contributed by atoms with Crippen molar-refractivity contribution in [2.75, 3.05) is 10.2 Å². The number of para-hydroxylation sites is 1. The van der Waals surface area contributed by atoms with Gasteiger partial charge in [0.1, 0.15) is 0 Å². The number of hydrogen-bond acceptors (Lipinski definition) is 6. The number of aromatic amines is 1. The van der Waals surface area contributed by atoms with Crippen LogP contribution in [0.3, 0.4) is 0 Å². The molecule has 0 bridgehead atoms. The number of fused-ring (bicyclic) bond motifs is 1. The predicted molar refractivity (Wildman–Crippen MR) is 123 cm³/mol. The number of primary amides is 1. The maximum Gasteiger partial charge on any atom is 0.321 e. The van der Waals surface area contributed by atoms with Gasteiger partial charge in [-0.15, -0.1) is 5.10 Å². The summed E-state index contributed by atoms with van der Waals surface area (Å²) in [5.74, 6) is -0.0774. The molecule has 0 aliphatic carbocycles. The van der Waals surface area contributed by atoms with Crippen molar-refractivity contribution in [1.82, 2.24) is 20.6 Å². The molecule has 4 aromatic rings. The highest BCUT2D eigenvalue weighted by Gasteiger charge is 2.33. The van der Waals surface area contributed by atoms with Crippen LogP contribution >= 0.6 is 0 Å². The van der Waals surface area contributed by atoms with E-state index in [-0.39, 0.29) is 0 Å². The Kier molecular flexibility index (Phi) is 5.07. The Morgan fingerprint density at radius 1 is 0.939 bits per heavy atom. The Hall–Kier alpha value is -4.86. The molecule has 1 aromatic heterocycles. The number of aromatic nitrogens is 4. The molecule has 0 fully saturated rings. The average Bonchev–Trinajstić information content (AvgIpc) is 3.33. The zero-order valence-electron chi connectivity index (χ0n) is 17.2. The van der Waals surface area contributed by atoms with Gasteiger partial charge in [-0.05, 0) is 28.6 Å². The number of nitrogens with zero attached hydrogens (tertiary/aromatic N) is 5. The first-order valence-electron chi connectivity index (χ1n) is 10.1. The predicted octanol–water partition coefficient (Wildman–Crippen LogP) is 2.57. The van der Waals surface area contributed by atoms with E-state index in [0.717, 1.165) is 16.0 Å². The van der Waals surface area contributed by atoms with Gasteiger partial charge in [0.15, 0.2) is 5.82 Å². The number of carbonyl (C=O) groups is 2. The second-order valence-electron chi connectivity index (χ2n) is 7.26. The van der Waals surface area contributed by atoms with Gasteiger partial charge in [-0.25, -0.2) is 14.9 Å². The van der Waals surface area contributed by atoms with Gasteiger partial charge in [0.2, 0.25) is 6.17 Å². The van der Waals surface area contributed by atoms with E-state index in [1.165, 1.54) is 0 Å². The number of amides is 3. The number of hydrogen-bond donors (Lipinski definition) is 3. The number of tetrazole rings is 1. The Morgan fingerprint density at radius 2 is 1.70 bits per heavy atom. The second kappa shape index (κ2) is 8.35. The van der Waals surface area contributed by atoms with Gasteiger partial charge in [-0.1, -0.05) is 60.7 Å². The summed E-state index contributed by atoms with van der Waals surface area (Å²) in [5.41, 5.74) is 9.46. The SMILES string of the molecule is NC(=O)N(c1cccc(-c2nnn[nH]2)c1)C1N=C(c2ccccc2)c2ccccc2NC1=O. The van der Waals surface area contributed by atoms with Gasteiger partial charge in [0, 0.05) is 22.4 Å². The van der Waals surface area contributed by atoms with Crippen LogP contribution in [0, 0.1) is 0 Å². The Balaban J connectivity index is 1.65. The van der Waals surface area contributed by atoms with Crippen molar-refractivity contribution >= 4 is 29.0 Å². The van der Waals surface area contributed by atoms with Gasteiger partial charge in [0.05, 0.1) is 11.4 Å². The summed E-state index contributed by atoms with van der Waals surface area (Å²) in [4.78, 5) is 31.8. The Bertz CT molecular complexity index is 1350. The molecule has 1 aliphatic rings. The number of H-pyrrole nitrogens is 1. The molecule has 0 saturated carbocycles. The molecule has 10 heteroatoms. The summed E-state index contributed by atoms with van der Waals surface area (Å²) in [5, 5.41) is 16.6. The molecule has 1 aliphatic heterocycles. The minimum Gasteiger partial charge on any atom is -0.351 e. The molecule has 3 aromatic carbocycles. The minimum atomic E-state index is -1.24. The lowest BCUT2D eigenvalue weighted by molar-refractivity contribution is -0.117. The molecule has 2 heterocycles. The molecule has 0 saturated heterocycles. The first-order valence-corrected chi connectivity index (χ1v) is 10.1. The number of urea groups is 1. The van der Waals surface area contributed by atoms with Crippen LogP contribution in [0.5, 0.6) is 0 Å². The quantitative estimate of drug-likeness (QED) is 0.449. The smallest absolute Gasteiger partial charge is 0.321 e. The van der Waals surface area contributed by atoms with E-state index >= 15 is 0 Å². The van der Waals surface area contributed by atoms with Gasteiger partial charge in [-0.2, -0.15) is 0 Å². The summed E-state index contributed by atoms with van der Waals surface area (Å²) in [6.07, 6.45) is -1.24. The second-order valence-corrected chi connectivity index (χ2v) is 7.26. The van der Waals surface area contributed by atoms with Gasteiger partial charge in [-0.3, -0.25) is 9.69 Å². The number of anilines is 2. The summed E-state index contributed by atoms with van der Waals surface area (Å²) in [6.45, 7) is 0. The lowest BCUT2D eigenvalue weighted by Crippen LogP contribution is -2.49. The van der Waals surface area contributed by atoms with E-state index in [0.29, 0.717) is 28.5 Å². The molecule has 1 atom stereocenters. The van der Waals surface area contributed by atoms with Crippen molar-refractivity contribution in [1.29, 1.82) is 0 Å². The van der Waals surface area contributed by atoms with Crippen molar-refractivity contribution in [3.8, 4) is 11.4 Å². The monoisotopic (exact) mass is 438 g/mol. The molecule has 33 heavy (non-hydrogen) atoms. The fourth-order valence-electron chi connectivity index (χ4n) is 3.72. The number of rotatable bonds is 4. The number of benzene rings is 3. The summed E-state index contributed by atoms with van der Waals surface area (Å²) in [6, 6.07) is 22.8. The van der Waals surface area contributed by atoms with E-state index in [9.17, 15) is 9.59 Å². The number of nitrogens with two attached hydrogens (primary N) is 1. The summed E-state index contributed by atoms with van der Waals surface area (Å²) in [7, 11) is 0. The van der Waals surface area contributed by atoms with Crippen LogP contribution in [-0.4, -0.2) is 44.4 Å². The molecular formula is C23H18N8O2. The highest BCUT2D eigenvalue weighted by atomic mass is 16.2. The van der Waals surface area contributed by atoms with Crippen molar-refractivity contribution in [2.45, 2.75) is 6.17 Å². The summed E-state index contributed by atoms with van der Waals surface area (Å²) >= 11 is 0. The topological polar surface area (TPSA) is 142 Å². The van der Waals surface area contributed by atoms with Gasteiger partial charge in [0.25, 0.3) is 5.91 Å². The van der Waals surface area contributed by atoms with E-state index in [4.69, 9.17) is 10.7 Å². The van der Waals surface area contributed by atoms with Crippen molar-refractivity contribution in [2.24, 2.45) is 10.7 Å². The molecule has 0 radical (unpaired) electrons. The maximum atomic E-state index is 13.3. The van der Waals surface area contributed by atoms with E-state index in [1.807, 2.05) is 48.5 Å². The lowest BCUT2D eigenvalue weighted by Gasteiger charge is -2.26. The molecule has 10 nitrogen and oxygen atoms in total. The van der Waals surface area contributed by atoms with Crippen LogP contribution in [0.25, 0.3) is 11.4 Å². The Morgan fingerprint density at radius 3 is 2.45 bits per heavy atom. The first-order chi connectivity index (χ1) is 16.1. The molecule has 3 amide bonds. The summed E-state index contributed by atoms with van der Waals surface area (Å²) < 4.78 is 0. The van der Waals surface area contributed by atoms with Gasteiger partial charge < -0.3 is 11.1 Å². The van der Waals surface area contributed by atoms with Gasteiger partial charge >= 0.3 is 6.03 Å². The number of carbonyl (C=O) groups excluding carboxylic acids is 2. The molecule has 5 rings (SSSR count). The van der Waals surface area contributed by atoms with Crippen LogP contribution < -0.4 is 16.0 Å². The molecule has 4 N–H and O–H groups in total. The van der Waals surface area contributed by atoms with Crippen LogP contribution in [0.4, 0.5) is 16.2 Å². The molecule has 1 unspecified atom stereocenters. The molecule has 0 spiro atoms. The van der Waals surface area contributed by atoms with E-state index in [1.54, 1.807) is 30.3 Å². The molecular weight excluding hydrogens is 420 g/mol. The third kappa shape index (κ3) is 3.81.